The number of ether oxygens (including phenoxy) is 2. The summed E-state index contributed by atoms with van der Waals surface area (Å²) in [7, 11) is 0. The van der Waals surface area contributed by atoms with Crippen LogP contribution in [0.1, 0.15) is 37.2 Å². The van der Waals surface area contributed by atoms with Crippen LogP contribution in [-0.2, 0) is 0 Å². The van der Waals surface area contributed by atoms with Crippen LogP contribution in [0.2, 0.25) is 0 Å². The lowest BCUT2D eigenvalue weighted by atomic mass is 9.74. The van der Waals surface area contributed by atoms with Crippen molar-refractivity contribution in [2.45, 2.75) is 37.7 Å². The van der Waals surface area contributed by atoms with E-state index in [1.807, 2.05) is 18.2 Å². The molecule has 19 heavy (non-hydrogen) atoms. The number of aliphatic hydroxyl groups excluding tert-OH is 2. The molecule has 1 aromatic rings. The molecule has 0 spiro atoms. The number of aliphatic hydroxyl groups is 2. The third kappa shape index (κ3) is 2.42. The molecule has 2 aliphatic rings. The first kappa shape index (κ1) is 12.8. The Morgan fingerprint density at radius 2 is 2.00 bits per heavy atom. The highest BCUT2D eigenvalue weighted by molar-refractivity contribution is 5.45. The first-order valence-corrected chi connectivity index (χ1v) is 6.98. The maximum absolute atomic E-state index is 10.5. The fraction of sp³-hybridized carbons (Fsp3) is 0.600. The van der Waals surface area contributed by atoms with Crippen molar-refractivity contribution in [2.24, 2.45) is 5.92 Å². The summed E-state index contributed by atoms with van der Waals surface area (Å²) in [5.74, 6) is 1.89. The Morgan fingerprint density at radius 1 is 1.16 bits per heavy atom. The lowest BCUT2D eigenvalue weighted by Gasteiger charge is -2.35. The minimum atomic E-state index is -0.374. The van der Waals surface area contributed by atoms with Gasteiger partial charge in [-0.2, -0.15) is 0 Å². The maximum atomic E-state index is 10.5. The van der Waals surface area contributed by atoms with Gasteiger partial charge in [0, 0.05) is 12.5 Å². The van der Waals surface area contributed by atoms with Crippen molar-refractivity contribution in [3.8, 4) is 11.5 Å². The van der Waals surface area contributed by atoms with E-state index in [-0.39, 0.29) is 31.3 Å². The standard InChI is InChI=1S/C15H20O4/c16-7-6-10-2-1-3-12(15(10)17)11-4-5-13-14(8-11)19-9-18-13/h4-5,8,10,12,15-17H,1-3,6-7,9H2. The fourth-order valence-electron chi connectivity index (χ4n) is 3.26. The zero-order valence-corrected chi connectivity index (χ0v) is 10.9. The summed E-state index contributed by atoms with van der Waals surface area (Å²) in [5, 5.41) is 19.6. The predicted octanol–water partition coefficient (Wildman–Crippen LogP) is 2.04. The third-order valence-electron chi connectivity index (χ3n) is 4.31. The van der Waals surface area contributed by atoms with E-state index in [9.17, 15) is 5.11 Å². The van der Waals surface area contributed by atoms with Gasteiger partial charge in [-0.3, -0.25) is 0 Å². The summed E-state index contributed by atoms with van der Waals surface area (Å²) in [6.45, 7) is 0.425. The maximum Gasteiger partial charge on any atom is 0.231 e. The van der Waals surface area contributed by atoms with Crippen LogP contribution in [0.25, 0.3) is 0 Å². The molecule has 1 aliphatic carbocycles. The molecule has 1 heterocycles. The SMILES string of the molecule is OCCC1CCCC(c2ccc3c(c2)OCO3)C1O. The van der Waals surface area contributed by atoms with E-state index in [1.54, 1.807) is 0 Å². The highest BCUT2D eigenvalue weighted by Gasteiger charge is 2.33. The van der Waals surface area contributed by atoms with Crippen molar-refractivity contribution in [1.29, 1.82) is 0 Å². The Labute approximate surface area is 113 Å². The van der Waals surface area contributed by atoms with E-state index in [4.69, 9.17) is 14.6 Å². The Balaban J connectivity index is 1.80. The van der Waals surface area contributed by atoms with E-state index >= 15 is 0 Å². The zero-order valence-electron chi connectivity index (χ0n) is 10.9. The van der Waals surface area contributed by atoms with Crippen LogP contribution in [0.5, 0.6) is 11.5 Å². The van der Waals surface area contributed by atoms with Crippen LogP contribution in [-0.4, -0.2) is 29.7 Å². The topological polar surface area (TPSA) is 58.9 Å². The molecular formula is C15H20O4. The summed E-state index contributed by atoms with van der Waals surface area (Å²) in [4.78, 5) is 0. The molecule has 0 radical (unpaired) electrons. The number of fused-ring (bicyclic) bond motifs is 1. The third-order valence-corrected chi connectivity index (χ3v) is 4.31. The molecule has 1 aliphatic heterocycles. The van der Waals surface area contributed by atoms with Gasteiger partial charge in [-0.25, -0.2) is 0 Å². The summed E-state index contributed by atoms with van der Waals surface area (Å²) < 4.78 is 10.7. The average molecular weight is 264 g/mol. The molecule has 4 heteroatoms. The van der Waals surface area contributed by atoms with Gasteiger partial charge in [0.15, 0.2) is 11.5 Å². The van der Waals surface area contributed by atoms with Gasteiger partial charge in [0.25, 0.3) is 0 Å². The van der Waals surface area contributed by atoms with E-state index in [0.29, 0.717) is 6.42 Å². The van der Waals surface area contributed by atoms with Gasteiger partial charge in [0.1, 0.15) is 0 Å². The molecule has 0 bridgehead atoms. The van der Waals surface area contributed by atoms with Gasteiger partial charge < -0.3 is 19.7 Å². The smallest absolute Gasteiger partial charge is 0.231 e. The van der Waals surface area contributed by atoms with Gasteiger partial charge >= 0.3 is 0 Å². The molecule has 1 saturated carbocycles. The van der Waals surface area contributed by atoms with Crippen LogP contribution in [0.3, 0.4) is 0 Å². The minimum Gasteiger partial charge on any atom is -0.454 e. The molecule has 104 valence electrons. The summed E-state index contributed by atoms with van der Waals surface area (Å²) in [6, 6.07) is 5.92. The second kappa shape index (κ2) is 5.39. The zero-order chi connectivity index (χ0) is 13.2. The Kier molecular flexibility index (Phi) is 3.62. The normalized spacial score (nSPS) is 29.5. The van der Waals surface area contributed by atoms with Crippen LogP contribution < -0.4 is 9.47 Å². The largest absolute Gasteiger partial charge is 0.454 e. The highest BCUT2D eigenvalue weighted by atomic mass is 16.7. The molecule has 2 N–H and O–H groups in total. The van der Waals surface area contributed by atoms with Crippen molar-refractivity contribution in [2.75, 3.05) is 13.4 Å². The molecule has 3 atom stereocenters. The molecule has 1 aromatic carbocycles. The summed E-state index contributed by atoms with van der Waals surface area (Å²) >= 11 is 0. The van der Waals surface area contributed by atoms with Crippen LogP contribution in [0.4, 0.5) is 0 Å². The second-order valence-corrected chi connectivity index (χ2v) is 5.41. The average Bonchev–Trinajstić information content (AvgIpc) is 2.88. The van der Waals surface area contributed by atoms with E-state index < -0.39 is 0 Å². The molecule has 0 aromatic heterocycles. The highest BCUT2D eigenvalue weighted by Crippen LogP contribution is 2.41. The summed E-state index contributed by atoms with van der Waals surface area (Å²) in [6.07, 6.45) is 3.40. The number of hydrogen-bond acceptors (Lipinski definition) is 4. The lowest BCUT2D eigenvalue weighted by molar-refractivity contribution is 0.0361. The molecular weight excluding hydrogens is 244 g/mol. The van der Waals surface area contributed by atoms with Crippen molar-refractivity contribution in [3.63, 3.8) is 0 Å². The van der Waals surface area contributed by atoms with Gasteiger partial charge in [0.2, 0.25) is 6.79 Å². The number of benzene rings is 1. The van der Waals surface area contributed by atoms with Crippen LogP contribution in [0, 0.1) is 5.92 Å². The summed E-state index contributed by atoms with van der Waals surface area (Å²) in [5.41, 5.74) is 1.11. The molecule has 0 saturated heterocycles. The molecule has 1 fully saturated rings. The van der Waals surface area contributed by atoms with Crippen molar-refractivity contribution in [3.05, 3.63) is 23.8 Å². The van der Waals surface area contributed by atoms with E-state index in [0.717, 1.165) is 36.3 Å². The Morgan fingerprint density at radius 3 is 2.84 bits per heavy atom. The number of hydrogen-bond donors (Lipinski definition) is 2. The van der Waals surface area contributed by atoms with Gasteiger partial charge in [-0.05, 0) is 42.9 Å². The van der Waals surface area contributed by atoms with Crippen molar-refractivity contribution < 1.29 is 19.7 Å². The predicted molar refractivity (Wildman–Crippen MR) is 70.4 cm³/mol. The number of rotatable bonds is 3. The minimum absolute atomic E-state index is 0.139. The lowest BCUT2D eigenvalue weighted by Crippen LogP contribution is -2.32. The van der Waals surface area contributed by atoms with Crippen molar-refractivity contribution in [1.82, 2.24) is 0 Å². The van der Waals surface area contributed by atoms with Gasteiger partial charge in [-0.1, -0.05) is 12.5 Å². The van der Waals surface area contributed by atoms with Crippen LogP contribution >= 0.6 is 0 Å². The molecule has 3 unspecified atom stereocenters. The Bertz CT molecular complexity index is 444. The van der Waals surface area contributed by atoms with Crippen molar-refractivity contribution >= 4 is 0 Å². The first-order chi connectivity index (χ1) is 9.29. The van der Waals surface area contributed by atoms with Gasteiger partial charge in [-0.15, -0.1) is 0 Å². The van der Waals surface area contributed by atoms with E-state index in [2.05, 4.69) is 0 Å². The van der Waals surface area contributed by atoms with Gasteiger partial charge in [0.05, 0.1) is 6.10 Å². The first-order valence-electron chi connectivity index (χ1n) is 6.98. The molecule has 4 nitrogen and oxygen atoms in total. The second-order valence-electron chi connectivity index (χ2n) is 5.41. The van der Waals surface area contributed by atoms with E-state index in [1.165, 1.54) is 0 Å². The Hall–Kier alpha value is -1.26. The molecule has 3 rings (SSSR count). The fourth-order valence-corrected chi connectivity index (χ4v) is 3.26. The van der Waals surface area contributed by atoms with Crippen LogP contribution in [0.15, 0.2) is 18.2 Å². The monoisotopic (exact) mass is 264 g/mol. The molecule has 0 amide bonds. The quantitative estimate of drug-likeness (QED) is 0.877.